The summed E-state index contributed by atoms with van der Waals surface area (Å²) in [6, 6.07) is 15.2. The first-order valence-corrected chi connectivity index (χ1v) is 7.62. The van der Waals surface area contributed by atoms with E-state index in [2.05, 4.69) is 69.4 Å². The van der Waals surface area contributed by atoms with Crippen LogP contribution >= 0.6 is 0 Å². The minimum atomic E-state index is 0.347. The summed E-state index contributed by atoms with van der Waals surface area (Å²) in [5.41, 5.74) is 5.06. The number of rotatable bonds is 6. The zero-order chi connectivity index (χ0) is 15.2. The van der Waals surface area contributed by atoms with Crippen LogP contribution in [-0.2, 0) is 6.61 Å². The van der Waals surface area contributed by atoms with Crippen molar-refractivity contribution in [3.63, 3.8) is 0 Å². The van der Waals surface area contributed by atoms with Crippen molar-refractivity contribution in [2.45, 2.75) is 40.3 Å². The number of aryl methyl sites for hydroxylation is 2. The van der Waals surface area contributed by atoms with Gasteiger partial charge < -0.3 is 10.1 Å². The lowest BCUT2D eigenvalue weighted by atomic mass is 10.1. The first kappa shape index (κ1) is 15.6. The van der Waals surface area contributed by atoms with E-state index >= 15 is 0 Å². The van der Waals surface area contributed by atoms with Gasteiger partial charge in [-0.05, 0) is 56.1 Å². The highest BCUT2D eigenvalue weighted by atomic mass is 16.5. The molecule has 112 valence electrons. The molecule has 2 heteroatoms. The van der Waals surface area contributed by atoms with Gasteiger partial charge in [-0.2, -0.15) is 0 Å². The fourth-order valence-electron chi connectivity index (χ4n) is 2.41. The lowest BCUT2D eigenvalue weighted by Gasteiger charge is -2.15. The molecule has 21 heavy (non-hydrogen) atoms. The Hall–Kier alpha value is -1.80. The monoisotopic (exact) mass is 283 g/mol. The van der Waals surface area contributed by atoms with E-state index in [4.69, 9.17) is 4.74 Å². The van der Waals surface area contributed by atoms with Gasteiger partial charge in [0, 0.05) is 6.04 Å². The first-order chi connectivity index (χ1) is 10.1. The van der Waals surface area contributed by atoms with Crippen molar-refractivity contribution in [1.29, 1.82) is 0 Å². The van der Waals surface area contributed by atoms with E-state index in [-0.39, 0.29) is 0 Å². The standard InChI is InChI=1S/C19H25NO/c1-5-20-16(4)17-7-6-8-19(12-17)21-13-18-11-14(2)9-10-15(18)3/h6-12,16,20H,5,13H2,1-4H3. The molecule has 0 saturated heterocycles. The lowest BCUT2D eigenvalue weighted by molar-refractivity contribution is 0.304. The van der Waals surface area contributed by atoms with Crippen molar-refractivity contribution in [2.75, 3.05) is 6.54 Å². The second kappa shape index (κ2) is 7.28. The lowest BCUT2D eigenvalue weighted by Crippen LogP contribution is -2.17. The van der Waals surface area contributed by atoms with Gasteiger partial charge in [0.25, 0.3) is 0 Å². The molecule has 0 aromatic heterocycles. The summed E-state index contributed by atoms with van der Waals surface area (Å²) >= 11 is 0. The Kier molecular flexibility index (Phi) is 5.40. The van der Waals surface area contributed by atoms with Crippen LogP contribution in [0.15, 0.2) is 42.5 Å². The number of ether oxygens (including phenoxy) is 1. The molecule has 0 fully saturated rings. The topological polar surface area (TPSA) is 21.3 Å². The molecular formula is C19H25NO. The Labute approximate surface area is 128 Å². The molecule has 0 aliphatic carbocycles. The fraction of sp³-hybridized carbons (Fsp3) is 0.368. The van der Waals surface area contributed by atoms with Gasteiger partial charge in [-0.25, -0.2) is 0 Å². The maximum absolute atomic E-state index is 5.97. The molecule has 0 amide bonds. The Morgan fingerprint density at radius 2 is 1.90 bits per heavy atom. The molecule has 0 heterocycles. The summed E-state index contributed by atoms with van der Waals surface area (Å²) in [4.78, 5) is 0. The van der Waals surface area contributed by atoms with E-state index in [1.807, 2.05) is 6.07 Å². The van der Waals surface area contributed by atoms with E-state index in [1.165, 1.54) is 22.3 Å². The average Bonchev–Trinajstić information content (AvgIpc) is 2.49. The van der Waals surface area contributed by atoms with Gasteiger partial charge >= 0.3 is 0 Å². The van der Waals surface area contributed by atoms with Crippen LogP contribution in [0.3, 0.4) is 0 Å². The molecular weight excluding hydrogens is 258 g/mol. The van der Waals surface area contributed by atoms with Gasteiger partial charge in [0.15, 0.2) is 0 Å². The number of hydrogen-bond donors (Lipinski definition) is 1. The van der Waals surface area contributed by atoms with Crippen molar-refractivity contribution in [1.82, 2.24) is 5.32 Å². The maximum atomic E-state index is 5.97. The average molecular weight is 283 g/mol. The van der Waals surface area contributed by atoms with Crippen LogP contribution in [0, 0.1) is 13.8 Å². The number of benzene rings is 2. The van der Waals surface area contributed by atoms with Crippen LogP contribution in [0.2, 0.25) is 0 Å². The molecule has 1 N–H and O–H groups in total. The molecule has 0 spiro atoms. The maximum Gasteiger partial charge on any atom is 0.120 e. The normalized spacial score (nSPS) is 12.2. The number of hydrogen-bond acceptors (Lipinski definition) is 2. The predicted molar refractivity (Wildman–Crippen MR) is 88.8 cm³/mol. The molecule has 0 aliphatic rings. The van der Waals surface area contributed by atoms with Crippen LogP contribution < -0.4 is 10.1 Å². The molecule has 2 nitrogen and oxygen atoms in total. The first-order valence-electron chi connectivity index (χ1n) is 7.62. The van der Waals surface area contributed by atoms with Crippen molar-refractivity contribution >= 4 is 0 Å². The highest BCUT2D eigenvalue weighted by molar-refractivity contribution is 5.33. The smallest absolute Gasteiger partial charge is 0.120 e. The van der Waals surface area contributed by atoms with Gasteiger partial charge in [0.05, 0.1) is 0 Å². The summed E-state index contributed by atoms with van der Waals surface area (Å²) < 4.78 is 5.97. The van der Waals surface area contributed by atoms with E-state index in [0.29, 0.717) is 12.6 Å². The highest BCUT2D eigenvalue weighted by Crippen LogP contribution is 2.21. The van der Waals surface area contributed by atoms with Crippen molar-refractivity contribution in [3.05, 3.63) is 64.7 Å². The predicted octanol–water partition coefficient (Wildman–Crippen LogP) is 4.55. The van der Waals surface area contributed by atoms with Gasteiger partial charge in [0.2, 0.25) is 0 Å². The van der Waals surface area contributed by atoms with Gasteiger partial charge in [0.1, 0.15) is 12.4 Å². The van der Waals surface area contributed by atoms with Crippen LogP contribution in [0.4, 0.5) is 0 Å². The number of nitrogens with one attached hydrogen (secondary N) is 1. The van der Waals surface area contributed by atoms with Crippen molar-refractivity contribution in [2.24, 2.45) is 0 Å². The van der Waals surface area contributed by atoms with Crippen LogP contribution in [0.5, 0.6) is 5.75 Å². The van der Waals surface area contributed by atoms with Gasteiger partial charge in [-0.1, -0.05) is 42.8 Å². The van der Waals surface area contributed by atoms with Crippen LogP contribution in [-0.4, -0.2) is 6.54 Å². The van der Waals surface area contributed by atoms with Crippen molar-refractivity contribution in [3.8, 4) is 5.75 Å². The van der Waals surface area contributed by atoms with E-state index in [9.17, 15) is 0 Å². The van der Waals surface area contributed by atoms with Gasteiger partial charge in [-0.15, -0.1) is 0 Å². The molecule has 0 aliphatic heterocycles. The van der Waals surface area contributed by atoms with Crippen molar-refractivity contribution < 1.29 is 4.74 Å². The minimum absolute atomic E-state index is 0.347. The summed E-state index contributed by atoms with van der Waals surface area (Å²) in [6.07, 6.45) is 0. The third kappa shape index (κ3) is 4.33. The molecule has 1 atom stereocenters. The van der Waals surface area contributed by atoms with E-state index in [1.54, 1.807) is 0 Å². The molecule has 0 radical (unpaired) electrons. The third-order valence-corrected chi connectivity index (χ3v) is 3.77. The third-order valence-electron chi connectivity index (χ3n) is 3.77. The quantitative estimate of drug-likeness (QED) is 0.839. The second-order valence-corrected chi connectivity index (χ2v) is 5.57. The zero-order valence-corrected chi connectivity index (χ0v) is 13.4. The SMILES string of the molecule is CCNC(C)c1cccc(OCc2cc(C)ccc2C)c1. The Morgan fingerprint density at radius 3 is 2.67 bits per heavy atom. The second-order valence-electron chi connectivity index (χ2n) is 5.57. The summed E-state index contributed by atoms with van der Waals surface area (Å²) in [5, 5.41) is 3.42. The Morgan fingerprint density at radius 1 is 1.10 bits per heavy atom. The highest BCUT2D eigenvalue weighted by Gasteiger charge is 2.05. The fourth-order valence-corrected chi connectivity index (χ4v) is 2.41. The van der Waals surface area contributed by atoms with Crippen LogP contribution in [0.25, 0.3) is 0 Å². The van der Waals surface area contributed by atoms with Crippen LogP contribution in [0.1, 0.15) is 42.1 Å². The Bertz CT molecular complexity index is 592. The zero-order valence-electron chi connectivity index (χ0n) is 13.4. The Balaban J connectivity index is 2.06. The molecule has 2 rings (SSSR count). The summed E-state index contributed by atoms with van der Waals surface area (Å²) in [6.45, 7) is 10.1. The molecule has 0 bridgehead atoms. The molecule has 1 unspecified atom stereocenters. The largest absolute Gasteiger partial charge is 0.489 e. The van der Waals surface area contributed by atoms with E-state index < -0.39 is 0 Å². The minimum Gasteiger partial charge on any atom is -0.489 e. The molecule has 2 aromatic rings. The van der Waals surface area contributed by atoms with Gasteiger partial charge in [-0.3, -0.25) is 0 Å². The molecule has 2 aromatic carbocycles. The van der Waals surface area contributed by atoms with E-state index in [0.717, 1.165) is 12.3 Å². The summed E-state index contributed by atoms with van der Waals surface area (Å²) in [5.74, 6) is 0.929. The summed E-state index contributed by atoms with van der Waals surface area (Å²) in [7, 11) is 0. The molecule has 0 saturated carbocycles.